The fraction of sp³-hybridized carbons (Fsp3) is 0.577. The van der Waals surface area contributed by atoms with Gasteiger partial charge in [0.15, 0.2) is 9.84 Å². The molecule has 0 bridgehead atoms. The van der Waals surface area contributed by atoms with Crippen LogP contribution in [-0.2, 0) is 9.84 Å². The van der Waals surface area contributed by atoms with Gasteiger partial charge in [-0.1, -0.05) is 0 Å². The number of piperidine rings is 2. The molecular weight excluding hydrogens is 516 g/mol. The van der Waals surface area contributed by atoms with Crippen molar-refractivity contribution in [1.82, 2.24) is 9.97 Å². The SMILES string of the molecule is O=C(Nc1ccnc(N2CCC(F)(F)CC2)n1)c1ccc(S(=O)(=O)CCCO)cc1N1CCC2(CC1)CC2. The van der Waals surface area contributed by atoms with E-state index in [-0.39, 0.29) is 61.4 Å². The van der Waals surface area contributed by atoms with Crippen LogP contribution in [0.5, 0.6) is 0 Å². The molecule has 0 radical (unpaired) electrons. The molecule has 0 unspecified atom stereocenters. The summed E-state index contributed by atoms with van der Waals surface area (Å²) in [5, 5.41) is 11.9. The molecule has 3 fully saturated rings. The molecule has 1 spiro atoms. The van der Waals surface area contributed by atoms with E-state index in [0.717, 1.165) is 25.9 Å². The quantitative estimate of drug-likeness (QED) is 0.514. The summed E-state index contributed by atoms with van der Waals surface area (Å²) in [7, 11) is -3.62. The number of carbonyl (C=O) groups excluding carboxylic acids is 1. The first-order chi connectivity index (χ1) is 18.1. The molecular formula is C26H33F2N5O4S. The van der Waals surface area contributed by atoms with Gasteiger partial charge >= 0.3 is 0 Å². The normalized spacial score (nSPS) is 20.4. The molecule has 3 heterocycles. The average molecular weight is 550 g/mol. The number of sulfone groups is 1. The first-order valence-electron chi connectivity index (χ1n) is 13.1. The van der Waals surface area contributed by atoms with Gasteiger partial charge in [0.2, 0.25) is 5.95 Å². The number of hydrogen-bond acceptors (Lipinski definition) is 8. The molecule has 1 saturated carbocycles. The van der Waals surface area contributed by atoms with Crippen molar-refractivity contribution in [3.05, 3.63) is 36.0 Å². The molecule has 2 N–H and O–H groups in total. The second-order valence-corrected chi connectivity index (χ2v) is 12.7. The number of nitrogens with one attached hydrogen (secondary N) is 1. The number of amides is 1. The van der Waals surface area contributed by atoms with E-state index < -0.39 is 21.7 Å². The fourth-order valence-electron chi connectivity index (χ4n) is 5.22. The minimum absolute atomic E-state index is 0.121. The van der Waals surface area contributed by atoms with Gasteiger partial charge in [0.05, 0.1) is 21.9 Å². The minimum Gasteiger partial charge on any atom is -0.396 e. The van der Waals surface area contributed by atoms with Crippen molar-refractivity contribution in [2.75, 3.05) is 53.7 Å². The zero-order valence-electron chi connectivity index (χ0n) is 21.2. The number of alkyl halides is 2. The lowest BCUT2D eigenvalue weighted by molar-refractivity contribution is -0.0222. The van der Waals surface area contributed by atoms with E-state index in [9.17, 15) is 22.0 Å². The molecule has 5 rings (SSSR count). The van der Waals surface area contributed by atoms with Gasteiger partial charge in [0.1, 0.15) is 5.82 Å². The summed E-state index contributed by atoms with van der Waals surface area (Å²) in [4.78, 5) is 25.9. The van der Waals surface area contributed by atoms with E-state index in [0.29, 0.717) is 16.7 Å². The standard InChI is InChI=1S/C26H33F2N5O4S/c27-26(28)9-14-33(15-10-26)24-29-11-4-22(31-24)30-23(35)20-3-2-19(38(36,37)17-1-16-34)18-21(20)32-12-7-25(5-6-25)8-13-32/h2-4,11,18,34H,1,5-10,12-17H2,(H,29,30,31,35). The first-order valence-corrected chi connectivity index (χ1v) is 14.7. The molecule has 38 heavy (non-hydrogen) atoms. The average Bonchev–Trinajstić information content (AvgIpc) is 3.66. The molecule has 1 aromatic carbocycles. The van der Waals surface area contributed by atoms with Gasteiger partial charge in [-0.3, -0.25) is 4.79 Å². The van der Waals surface area contributed by atoms with E-state index in [1.165, 1.54) is 37.2 Å². The summed E-state index contributed by atoms with van der Waals surface area (Å²) in [5.74, 6) is -2.80. The van der Waals surface area contributed by atoms with Gasteiger partial charge in [-0.2, -0.15) is 4.98 Å². The predicted octanol–water partition coefficient (Wildman–Crippen LogP) is 3.50. The van der Waals surface area contributed by atoms with E-state index in [2.05, 4.69) is 20.2 Å². The maximum atomic E-state index is 13.6. The largest absolute Gasteiger partial charge is 0.396 e. The van der Waals surface area contributed by atoms with Crippen molar-refractivity contribution >= 4 is 33.2 Å². The number of halogens is 2. The van der Waals surface area contributed by atoms with Crippen LogP contribution < -0.4 is 15.1 Å². The number of hydrogen-bond donors (Lipinski definition) is 2. The van der Waals surface area contributed by atoms with Crippen molar-refractivity contribution in [1.29, 1.82) is 0 Å². The Morgan fingerprint density at radius 2 is 1.68 bits per heavy atom. The Bertz CT molecular complexity index is 1280. The molecule has 0 atom stereocenters. The monoisotopic (exact) mass is 549 g/mol. The summed E-state index contributed by atoms with van der Waals surface area (Å²) in [6, 6.07) is 6.04. The van der Waals surface area contributed by atoms with Gasteiger partial charge in [-0.25, -0.2) is 22.2 Å². The Morgan fingerprint density at radius 1 is 1.00 bits per heavy atom. The van der Waals surface area contributed by atoms with E-state index in [1.807, 2.05) is 0 Å². The van der Waals surface area contributed by atoms with Crippen molar-refractivity contribution in [3.63, 3.8) is 0 Å². The fourth-order valence-corrected chi connectivity index (χ4v) is 6.53. The van der Waals surface area contributed by atoms with Gasteiger partial charge in [-0.05, 0) is 61.8 Å². The smallest absolute Gasteiger partial charge is 0.258 e. The number of nitrogens with zero attached hydrogens (tertiary/aromatic N) is 4. The number of rotatable bonds is 8. The topological polar surface area (TPSA) is 116 Å². The minimum atomic E-state index is -3.62. The van der Waals surface area contributed by atoms with Crippen LogP contribution in [0.2, 0.25) is 0 Å². The van der Waals surface area contributed by atoms with Crippen LogP contribution in [0.1, 0.15) is 55.3 Å². The highest BCUT2D eigenvalue weighted by Gasteiger charge is 2.44. The summed E-state index contributed by atoms with van der Waals surface area (Å²) >= 11 is 0. The summed E-state index contributed by atoms with van der Waals surface area (Å²) < 4.78 is 52.8. The lowest BCUT2D eigenvalue weighted by Gasteiger charge is -2.35. The summed E-state index contributed by atoms with van der Waals surface area (Å²) in [6.45, 7) is 1.49. The molecule has 2 saturated heterocycles. The first kappa shape index (κ1) is 26.7. The Hall–Kier alpha value is -2.86. The molecule has 3 aliphatic rings. The molecule has 2 aliphatic heterocycles. The lowest BCUT2D eigenvalue weighted by atomic mass is 9.93. The van der Waals surface area contributed by atoms with Crippen LogP contribution in [0, 0.1) is 5.41 Å². The second kappa shape index (κ2) is 10.4. The Kier molecular flexibility index (Phi) is 7.29. The van der Waals surface area contributed by atoms with Gasteiger partial charge in [0.25, 0.3) is 11.8 Å². The van der Waals surface area contributed by atoms with Crippen LogP contribution >= 0.6 is 0 Å². The zero-order valence-corrected chi connectivity index (χ0v) is 22.0. The van der Waals surface area contributed by atoms with Crippen molar-refractivity contribution < 1.29 is 27.1 Å². The molecule has 2 aromatic rings. The van der Waals surface area contributed by atoms with Crippen LogP contribution in [0.25, 0.3) is 0 Å². The van der Waals surface area contributed by atoms with Crippen molar-refractivity contribution in [2.24, 2.45) is 5.41 Å². The third-order valence-corrected chi connectivity index (χ3v) is 9.73. The second-order valence-electron chi connectivity index (χ2n) is 10.6. The van der Waals surface area contributed by atoms with E-state index in [4.69, 9.17) is 5.11 Å². The molecule has 9 nitrogen and oxygen atoms in total. The Labute approximate surface area is 221 Å². The van der Waals surface area contributed by atoms with Gasteiger partial charge < -0.3 is 20.2 Å². The van der Waals surface area contributed by atoms with Gasteiger partial charge in [-0.15, -0.1) is 0 Å². The molecule has 1 aliphatic carbocycles. The summed E-state index contributed by atoms with van der Waals surface area (Å²) in [6.07, 6.45) is 5.49. The third kappa shape index (κ3) is 5.90. The molecule has 1 amide bonds. The van der Waals surface area contributed by atoms with Crippen LogP contribution in [0.3, 0.4) is 0 Å². The molecule has 206 valence electrons. The highest BCUT2D eigenvalue weighted by Crippen LogP contribution is 2.54. The number of carbonyl (C=O) groups is 1. The highest BCUT2D eigenvalue weighted by molar-refractivity contribution is 7.91. The molecule has 12 heteroatoms. The van der Waals surface area contributed by atoms with Gasteiger partial charge in [0, 0.05) is 51.8 Å². The predicted molar refractivity (Wildman–Crippen MR) is 140 cm³/mol. The van der Waals surface area contributed by atoms with E-state index in [1.54, 1.807) is 11.0 Å². The number of benzene rings is 1. The zero-order chi connectivity index (χ0) is 27.0. The van der Waals surface area contributed by atoms with Crippen molar-refractivity contribution in [3.8, 4) is 0 Å². The van der Waals surface area contributed by atoms with Crippen LogP contribution in [0.15, 0.2) is 35.4 Å². The number of aliphatic hydroxyl groups is 1. The summed E-state index contributed by atoms with van der Waals surface area (Å²) in [5.41, 5.74) is 1.28. The maximum Gasteiger partial charge on any atom is 0.258 e. The number of anilines is 3. The van der Waals surface area contributed by atoms with Crippen LogP contribution in [0.4, 0.5) is 26.2 Å². The highest BCUT2D eigenvalue weighted by atomic mass is 32.2. The Morgan fingerprint density at radius 3 is 2.34 bits per heavy atom. The third-order valence-electron chi connectivity index (χ3n) is 7.93. The van der Waals surface area contributed by atoms with Crippen molar-refractivity contribution in [2.45, 2.75) is 55.8 Å². The lowest BCUT2D eigenvalue weighted by Crippen LogP contribution is -2.40. The number of aliphatic hydroxyl groups excluding tert-OH is 1. The van der Waals surface area contributed by atoms with Crippen LogP contribution in [-0.4, -0.2) is 73.9 Å². The Balaban J connectivity index is 1.38. The number of aromatic nitrogens is 2. The van der Waals surface area contributed by atoms with E-state index >= 15 is 0 Å². The maximum absolute atomic E-state index is 13.6. The molecule has 1 aromatic heterocycles.